The molecule has 1 saturated heterocycles. The van der Waals surface area contributed by atoms with Gasteiger partial charge in [-0.15, -0.1) is 0 Å². The molecule has 270 valence electrons. The van der Waals surface area contributed by atoms with Crippen molar-refractivity contribution in [2.24, 2.45) is 5.92 Å². The second kappa shape index (κ2) is 14.8. The lowest BCUT2D eigenvalue weighted by Crippen LogP contribution is -2.46. The molecule has 2 N–H and O–H groups in total. The van der Waals surface area contributed by atoms with E-state index >= 15 is 0 Å². The topological polar surface area (TPSA) is 154 Å². The average Bonchev–Trinajstić information content (AvgIpc) is 3.55. The van der Waals surface area contributed by atoms with Crippen molar-refractivity contribution < 1.29 is 33.9 Å². The molecule has 52 heavy (non-hydrogen) atoms. The summed E-state index contributed by atoms with van der Waals surface area (Å²) in [6.07, 6.45) is -0.309. The van der Waals surface area contributed by atoms with Crippen molar-refractivity contribution in [3.8, 4) is 0 Å². The molecule has 12 nitrogen and oxygen atoms in total. The molecule has 0 aromatic heterocycles. The first-order valence-electron chi connectivity index (χ1n) is 17.2. The van der Waals surface area contributed by atoms with Crippen molar-refractivity contribution in [2.75, 3.05) is 23.0 Å². The number of carbonyl (C=O) groups is 3. The van der Waals surface area contributed by atoms with Gasteiger partial charge in [-0.25, -0.2) is 0 Å². The van der Waals surface area contributed by atoms with E-state index in [0.29, 0.717) is 22.6 Å². The molecule has 2 heterocycles. The number of carbonyl (C=O) groups excluding carboxylic acids is 3. The molecule has 4 aromatic rings. The van der Waals surface area contributed by atoms with Crippen LogP contribution in [0.2, 0.25) is 18.6 Å². The molecule has 0 unspecified atom stereocenters. The van der Waals surface area contributed by atoms with Crippen LogP contribution < -0.4 is 9.80 Å². The molecular formula is C39H42N4O8Si. The molecule has 0 saturated carbocycles. The Morgan fingerprint density at radius 2 is 1.62 bits per heavy atom. The second-order valence-corrected chi connectivity index (χ2v) is 17.9. The Bertz CT molecular complexity index is 1940. The van der Waals surface area contributed by atoms with Crippen LogP contribution in [-0.2, 0) is 37.8 Å². The number of benzene rings is 4. The summed E-state index contributed by atoms with van der Waals surface area (Å²) < 4.78 is 6.77. The number of nitro benzene ring substituents is 1. The number of non-ortho nitro benzene ring substituents is 1. The highest BCUT2D eigenvalue weighted by atomic mass is 28.4. The molecule has 0 bridgehead atoms. The minimum atomic E-state index is -3.15. The Kier molecular flexibility index (Phi) is 10.4. The molecule has 4 atom stereocenters. The molecule has 2 aliphatic rings. The van der Waals surface area contributed by atoms with E-state index in [2.05, 4.69) is 0 Å². The summed E-state index contributed by atoms with van der Waals surface area (Å²) in [4.78, 5) is 68.5. The molecular weight excluding hydrogens is 681 g/mol. The molecule has 0 aliphatic carbocycles. The van der Waals surface area contributed by atoms with Crippen LogP contribution in [0.5, 0.6) is 0 Å². The van der Waals surface area contributed by atoms with E-state index in [9.17, 15) is 34.4 Å². The lowest BCUT2D eigenvalue weighted by atomic mass is 9.82. The summed E-state index contributed by atoms with van der Waals surface area (Å²) in [5, 5.41) is 21.8. The fraction of sp³-hybridized carbons (Fsp3) is 0.308. The number of para-hydroxylation sites is 1. The summed E-state index contributed by atoms with van der Waals surface area (Å²) in [6, 6.07) is 30.0. The highest BCUT2D eigenvalue weighted by Crippen LogP contribution is 2.60. The Morgan fingerprint density at radius 3 is 2.21 bits per heavy atom. The zero-order valence-electron chi connectivity index (χ0n) is 29.3. The van der Waals surface area contributed by atoms with Gasteiger partial charge in [-0.05, 0) is 54.6 Å². The minimum Gasteiger partial charge on any atom is -0.432 e. The standard InChI is InChI=1S/C39H42N4O8Si/c1-27-37(52(2,3)50)35(23-36(46)40(20-21-44)24-28-10-6-4-7-11-28)51-39(27)33-22-32(43(48)49)18-19-34(33)41(38(39)47)25-29-14-16-31(17-15-29)42(26-45)30-12-8-5-9-13-30/h4-19,22,26-27,35,37,44,50H,20-21,23-25H2,1-3H3/t27-,35+,37-,39+/m1/s1. The van der Waals surface area contributed by atoms with Crippen LogP contribution >= 0.6 is 0 Å². The maximum absolute atomic E-state index is 14.9. The van der Waals surface area contributed by atoms with Crippen molar-refractivity contribution >= 4 is 49.3 Å². The second-order valence-electron chi connectivity index (χ2n) is 13.9. The third kappa shape index (κ3) is 6.87. The number of fused-ring (bicyclic) bond motifs is 2. The zero-order chi connectivity index (χ0) is 37.2. The van der Waals surface area contributed by atoms with Gasteiger partial charge in [0.05, 0.1) is 36.3 Å². The Balaban J connectivity index is 1.34. The number of rotatable bonds is 13. The van der Waals surface area contributed by atoms with Gasteiger partial charge in [-0.2, -0.15) is 0 Å². The summed E-state index contributed by atoms with van der Waals surface area (Å²) in [5.74, 6) is -1.39. The molecule has 0 radical (unpaired) electrons. The first-order chi connectivity index (χ1) is 24.9. The largest absolute Gasteiger partial charge is 0.432 e. The van der Waals surface area contributed by atoms with E-state index in [1.165, 1.54) is 21.9 Å². The van der Waals surface area contributed by atoms with Gasteiger partial charge in [-0.1, -0.05) is 67.6 Å². The summed E-state index contributed by atoms with van der Waals surface area (Å²) >= 11 is 0. The fourth-order valence-corrected chi connectivity index (χ4v) is 10.4. The van der Waals surface area contributed by atoms with Crippen molar-refractivity contribution in [3.63, 3.8) is 0 Å². The molecule has 13 heteroatoms. The Morgan fingerprint density at radius 1 is 0.981 bits per heavy atom. The van der Waals surface area contributed by atoms with Crippen molar-refractivity contribution in [2.45, 2.75) is 56.8 Å². The first-order valence-corrected chi connectivity index (χ1v) is 20.2. The van der Waals surface area contributed by atoms with Gasteiger partial charge in [0.1, 0.15) is 0 Å². The van der Waals surface area contributed by atoms with Crippen molar-refractivity contribution in [1.29, 1.82) is 0 Å². The summed E-state index contributed by atoms with van der Waals surface area (Å²) in [5.41, 5.74) is 1.21. The maximum atomic E-state index is 14.9. The quantitative estimate of drug-likeness (QED) is 0.0778. The van der Waals surface area contributed by atoms with Gasteiger partial charge in [0.25, 0.3) is 11.6 Å². The number of nitrogens with zero attached hydrogens (tertiary/aromatic N) is 4. The summed E-state index contributed by atoms with van der Waals surface area (Å²) in [6.45, 7) is 5.50. The number of hydrogen-bond donors (Lipinski definition) is 2. The SMILES string of the molecule is C[C@@H]1[C@@H]([Si](C)(C)O)[C@H](CC(=O)N(CCO)Cc2ccccc2)O[C@@]12C(=O)N(Cc1ccc(N(C=O)c3ccccc3)cc1)c1ccc([N+](=O)[O-])cc12. The third-order valence-corrected chi connectivity index (χ3v) is 12.7. The number of nitro groups is 1. The van der Waals surface area contributed by atoms with Crippen LogP contribution in [0.25, 0.3) is 0 Å². The van der Waals surface area contributed by atoms with Gasteiger partial charge < -0.3 is 24.4 Å². The number of amides is 3. The lowest BCUT2D eigenvalue weighted by molar-refractivity contribution is -0.385. The number of hydrogen-bond acceptors (Lipinski definition) is 8. The van der Waals surface area contributed by atoms with Crippen LogP contribution in [0, 0.1) is 16.0 Å². The van der Waals surface area contributed by atoms with Gasteiger partial charge >= 0.3 is 0 Å². The van der Waals surface area contributed by atoms with Crippen molar-refractivity contribution in [1.82, 2.24) is 4.90 Å². The van der Waals surface area contributed by atoms with Gasteiger partial charge in [-0.3, -0.25) is 29.4 Å². The van der Waals surface area contributed by atoms with Gasteiger partial charge in [0.15, 0.2) is 13.9 Å². The van der Waals surface area contributed by atoms with Gasteiger partial charge in [0.2, 0.25) is 12.3 Å². The molecule has 1 fully saturated rings. The smallest absolute Gasteiger partial charge is 0.269 e. The number of ether oxygens (including phenoxy) is 1. The van der Waals surface area contributed by atoms with Crippen molar-refractivity contribution in [3.05, 3.63) is 130 Å². The van der Waals surface area contributed by atoms with E-state index in [1.54, 1.807) is 36.2 Å². The number of aliphatic hydroxyl groups is 1. The van der Waals surface area contributed by atoms with E-state index < -0.39 is 42.3 Å². The predicted octanol–water partition coefficient (Wildman–Crippen LogP) is 5.65. The van der Waals surface area contributed by atoms with E-state index in [0.717, 1.165) is 17.5 Å². The lowest BCUT2D eigenvalue weighted by Gasteiger charge is -2.32. The van der Waals surface area contributed by atoms with E-state index in [-0.39, 0.29) is 44.3 Å². The first kappa shape index (κ1) is 36.6. The van der Waals surface area contributed by atoms with Gasteiger partial charge in [0, 0.05) is 53.6 Å². The summed E-state index contributed by atoms with van der Waals surface area (Å²) in [7, 11) is -3.15. The number of anilines is 3. The highest BCUT2D eigenvalue weighted by Gasteiger charge is 2.66. The number of aliphatic hydroxyl groups excluding tert-OH is 1. The Hall–Kier alpha value is -5.21. The molecule has 3 amide bonds. The minimum absolute atomic E-state index is 0.0856. The molecule has 2 aliphatic heterocycles. The van der Waals surface area contributed by atoms with Crippen LogP contribution in [0.4, 0.5) is 22.7 Å². The normalized spacial score (nSPS) is 20.9. The fourth-order valence-electron chi connectivity index (χ4n) is 7.86. The monoisotopic (exact) mass is 722 g/mol. The Labute approximate surface area is 303 Å². The van der Waals surface area contributed by atoms with E-state index in [4.69, 9.17) is 4.74 Å². The van der Waals surface area contributed by atoms with Crippen LogP contribution in [-0.4, -0.2) is 65.5 Å². The predicted molar refractivity (Wildman–Crippen MR) is 198 cm³/mol. The van der Waals surface area contributed by atoms with Crippen LogP contribution in [0.15, 0.2) is 103 Å². The van der Waals surface area contributed by atoms with Crippen LogP contribution in [0.3, 0.4) is 0 Å². The average molecular weight is 723 g/mol. The third-order valence-electron chi connectivity index (χ3n) is 10.2. The van der Waals surface area contributed by atoms with E-state index in [1.807, 2.05) is 79.7 Å². The van der Waals surface area contributed by atoms with Crippen LogP contribution in [0.1, 0.15) is 30.0 Å². The molecule has 6 rings (SSSR count). The maximum Gasteiger partial charge on any atom is 0.269 e. The molecule has 4 aromatic carbocycles. The highest BCUT2D eigenvalue weighted by molar-refractivity contribution is 6.71. The molecule has 1 spiro atoms. The zero-order valence-corrected chi connectivity index (χ0v) is 30.3.